The molecule has 2 atom stereocenters. The smallest absolute Gasteiger partial charge is 0.332 e. The zero-order chi connectivity index (χ0) is 17.7. The van der Waals surface area contributed by atoms with Crippen LogP contribution in [-0.2, 0) is 9.53 Å². The number of hydrogen-bond donors (Lipinski definition) is 1. The molecule has 1 fully saturated rings. The van der Waals surface area contributed by atoms with E-state index in [1.54, 1.807) is 12.1 Å². The largest absolute Gasteiger partial charge is 0.467 e. The van der Waals surface area contributed by atoms with Crippen LogP contribution in [0, 0.1) is 0 Å². The molecule has 0 radical (unpaired) electrons. The number of benzene rings is 2. The van der Waals surface area contributed by atoms with Crippen LogP contribution in [0.3, 0.4) is 0 Å². The van der Waals surface area contributed by atoms with Crippen molar-refractivity contribution in [3.8, 4) is 0 Å². The molecule has 1 saturated carbocycles. The summed E-state index contributed by atoms with van der Waals surface area (Å²) in [6.45, 7) is 0. The Hall–Kier alpha value is -2.62. The summed E-state index contributed by atoms with van der Waals surface area (Å²) in [5.74, 6) is -0.707. The molecule has 1 aliphatic rings. The van der Waals surface area contributed by atoms with Gasteiger partial charge in [0, 0.05) is 11.5 Å². The molecule has 1 aliphatic carbocycles. The molecule has 1 amide bonds. The summed E-state index contributed by atoms with van der Waals surface area (Å²) in [5.41, 5.74) is 0.575. The first-order valence-electron chi connectivity index (χ1n) is 8.68. The van der Waals surface area contributed by atoms with E-state index < -0.39 is 5.54 Å². The number of methoxy groups -OCH3 is 1. The van der Waals surface area contributed by atoms with Crippen molar-refractivity contribution in [2.75, 3.05) is 7.11 Å². The van der Waals surface area contributed by atoms with Gasteiger partial charge in [-0.3, -0.25) is 4.79 Å². The highest BCUT2D eigenvalue weighted by molar-refractivity contribution is 5.98. The third-order valence-electron chi connectivity index (χ3n) is 5.03. The van der Waals surface area contributed by atoms with Crippen molar-refractivity contribution in [2.24, 2.45) is 0 Å². The van der Waals surface area contributed by atoms with E-state index in [1.165, 1.54) is 7.11 Å². The second-order valence-corrected chi connectivity index (χ2v) is 6.49. The Kier molecular flexibility index (Phi) is 5.17. The zero-order valence-corrected chi connectivity index (χ0v) is 14.4. The normalized spacial score (nSPS) is 22.8. The molecule has 0 heterocycles. The van der Waals surface area contributed by atoms with Crippen molar-refractivity contribution in [1.82, 2.24) is 5.32 Å². The molecule has 2 aromatic carbocycles. The molecule has 0 spiro atoms. The molecule has 2 aromatic rings. The Morgan fingerprint density at radius 2 is 1.64 bits per heavy atom. The minimum atomic E-state index is -1.03. The van der Waals surface area contributed by atoms with Crippen LogP contribution in [0.2, 0.25) is 0 Å². The fourth-order valence-corrected chi connectivity index (χ4v) is 3.80. The summed E-state index contributed by atoms with van der Waals surface area (Å²) < 4.78 is 5.13. The van der Waals surface area contributed by atoms with E-state index in [-0.39, 0.29) is 17.8 Å². The molecule has 0 aliphatic heterocycles. The fourth-order valence-electron chi connectivity index (χ4n) is 3.80. The average Bonchev–Trinajstić information content (AvgIpc) is 2.69. The molecule has 1 unspecified atom stereocenters. The van der Waals surface area contributed by atoms with Gasteiger partial charge in [-0.2, -0.15) is 0 Å². The molecular weight excluding hydrogens is 314 g/mol. The Balaban J connectivity index is 1.99. The summed E-state index contributed by atoms with van der Waals surface area (Å²) in [7, 11) is 1.38. The third kappa shape index (κ3) is 3.43. The molecule has 4 heteroatoms. The molecule has 0 bridgehead atoms. The summed E-state index contributed by atoms with van der Waals surface area (Å²) in [4.78, 5) is 25.6. The van der Waals surface area contributed by atoms with E-state index >= 15 is 0 Å². The standard InChI is InChI=1S/C21H23NO3/c1-25-20(24)21(22-19(23)17-12-6-3-7-13-17)15-9-8-14-18(21)16-10-4-2-5-11-16/h2-7,10-13,18H,8-9,14-15H2,1H3,(H,22,23)/t18?,21-/m0/s1. The highest BCUT2D eigenvalue weighted by atomic mass is 16.5. The second-order valence-electron chi connectivity index (χ2n) is 6.49. The number of carbonyl (C=O) groups excluding carboxylic acids is 2. The van der Waals surface area contributed by atoms with Gasteiger partial charge in [-0.15, -0.1) is 0 Å². The highest BCUT2D eigenvalue weighted by Gasteiger charge is 2.49. The molecule has 0 aromatic heterocycles. The van der Waals surface area contributed by atoms with Gasteiger partial charge in [-0.1, -0.05) is 61.4 Å². The van der Waals surface area contributed by atoms with Crippen LogP contribution < -0.4 is 5.32 Å². The van der Waals surface area contributed by atoms with Crippen molar-refractivity contribution in [1.29, 1.82) is 0 Å². The first-order valence-corrected chi connectivity index (χ1v) is 8.68. The van der Waals surface area contributed by atoms with Crippen LogP contribution in [0.5, 0.6) is 0 Å². The molecule has 1 N–H and O–H groups in total. The van der Waals surface area contributed by atoms with Crippen LogP contribution in [0.4, 0.5) is 0 Å². The van der Waals surface area contributed by atoms with Gasteiger partial charge >= 0.3 is 5.97 Å². The minimum Gasteiger partial charge on any atom is -0.467 e. The number of esters is 1. The highest BCUT2D eigenvalue weighted by Crippen LogP contribution is 2.42. The van der Waals surface area contributed by atoms with Crippen LogP contribution in [-0.4, -0.2) is 24.5 Å². The van der Waals surface area contributed by atoms with Gasteiger partial charge in [0.1, 0.15) is 5.54 Å². The van der Waals surface area contributed by atoms with Gasteiger partial charge in [0.25, 0.3) is 5.91 Å². The quantitative estimate of drug-likeness (QED) is 0.866. The SMILES string of the molecule is COC(=O)[C@]1(NC(=O)c2ccccc2)CCCCC1c1ccccc1. The molecule has 4 nitrogen and oxygen atoms in total. The maximum atomic E-state index is 12.8. The summed E-state index contributed by atoms with van der Waals surface area (Å²) in [6.07, 6.45) is 3.33. The van der Waals surface area contributed by atoms with E-state index in [4.69, 9.17) is 4.74 Å². The maximum absolute atomic E-state index is 12.8. The number of carbonyl (C=O) groups is 2. The van der Waals surface area contributed by atoms with E-state index in [0.29, 0.717) is 12.0 Å². The lowest BCUT2D eigenvalue weighted by Gasteiger charge is -2.42. The minimum absolute atomic E-state index is 0.0948. The second kappa shape index (κ2) is 7.51. The van der Waals surface area contributed by atoms with Gasteiger partial charge in [0.15, 0.2) is 0 Å². The van der Waals surface area contributed by atoms with Gasteiger partial charge in [0.2, 0.25) is 0 Å². The van der Waals surface area contributed by atoms with Gasteiger partial charge in [0.05, 0.1) is 7.11 Å². The van der Waals surface area contributed by atoms with Gasteiger partial charge < -0.3 is 10.1 Å². The lowest BCUT2D eigenvalue weighted by atomic mass is 9.69. The lowest BCUT2D eigenvalue weighted by Crippen LogP contribution is -2.60. The van der Waals surface area contributed by atoms with Crippen molar-refractivity contribution in [3.63, 3.8) is 0 Å². The first kappa shape index (κ1) is 17.2. The Morgan fingerprint density at radius 1 is 1.00 bits per heavy atom. The number of nitrogens with one attached hydrogen (secondary N) is 1. The van der Waals surface area contributed by atoms with E-state index in [1.807, 2.05) is 48.5 Å². The van der Waals surface area contributed by atoms with Crippen molar-refractivity contribution in [3.05, 3.63) is 71.8 Å². The predicted octanol–water partition coefficient (Wildman–Crippen LogP) is 3.69. The van der Waals surface area contributed by atoms with Crippen molar-refractivity contribution < 1.29 is 14.3 Å². The van der Waals surface area contributed by atoms with Crippen LogP contribution in [0.1, 0.15) is 47.5 Å². The van der Waals surface area contributed by atoms with Gasteiger partial charge in [-0.05, 0) is 30.5 Å². The summed E-state index contributed by atoms with van der Waals surface area (Å²) in [6, 6.07) is 18.9. The Bertz CT molecular complexity index is 729. The number of hydrogen-bond acceptors (Lipinski definition) is 3. The molecule has 3 rings (SSSR count). The zero-order valence-electron chi connectivity index (χ0n) is 14.4. The molecular formula is C21H23NO3. The van der Waals surface area contributed by atoms with E-state index in [2.05, 4.69) is 5.32 Å². The topological polar surface area (TPSA) is 55.4 Å². The monoisotopic (exact) mass is 337 g/mol. The number of amides is 1. The predicted molar refractivity (Wildman–Crippen MR) is 96.3 cm³/mol. The van der Waals surface area contributed by atoms with Crippen LogP contribution in [0.25, 0.3) is 0 Å². The van der Waals surface area contributed by atoms with Crippen molar-refractivity contribution in [2.45, 2.75) is 37.1 Å². The van der Waals surface area contributed by atoms with Crippen LogP contribution in [0.15, 0.2) is 60.7 Å². The van der Waals surface area contributed by atoms with Crippen LogP contribution >= 0.6 is 0 Å². The number of rotatable bonds is 4. The Morgan fingerprint density at radius 3 is 2.28 bits per heavy atom. The third-order valence-corrected chi connectivity index (χ3v) is 5.03. The van der Waals surface area contributed by atoms with E-state index in [0.717, 1.165) is 24.8 Å². The van der Waals surface area contributed by atoms with E-state index in [9.17, 15) is 9.59 Å². The summed E-state index contributed by atoms with van der Waals surface area (Å²) >= 11 is 0. The molecule has 0 saturated heterocycles. The molecule has 130 valence electrons. The average molecular weight is 337 g/mol. The van der Waals surface area contributed by atoms with Crippen molar-refractivity contribution >= 4 is 11.9 Å². The first-order chi connectivity index (χ1) is 12.2. The summed E-state index contributed by atoms with van der Waals surface area (Å²) in [5, 5.41) is 3.03. The number of ether oxygens (including phenoxy) is 1. The van der Waals surface area contributed by atoms with Gasteiger partial charge in [-0.25, -0.2) is 4.79 Å². The molecule has 25 heavy (non-hydrogen) atoms. The fraction of sp³-hybridized carbons (Fsp3) is 0.333. The lowest BCUT2D eigenvalue weighted by molar-refractivity contribution is -0.150. The maximum Gasteiger partial charge on any atom is 0.332 e. The Labute approximate surface area is 148 Å².